The number of nitrogens with zero attached hydrogens (tertiary/aromatic N) is 4. The van der Waals surface area contributed by atoms with E-state index in [1.54, 1.807) is 18.5 Å². The van der Waals surface area contributed by atoms with Crippen LogP contribution in [0.1, 0.15) is 25.7 Å². The zero-order valence-corrected chi connectivity index (χ0v) is 15.0. The van der Waals surface area contributed by atoms with Crippen molar-refractivity contribution in [2.75, 3.05) is 26.3 Å². The Kier molecular flexibility index (Phi) is 4.61. The molecule has 2 aromatic rings. The number of rotatable bonds is 4. The number of nitrogens with one attached hydrogen (secondary N) is 1. The third kappa shape index (κ3) is 2.93. The summed E-state index contributed by atoms with van der Waals surface area (Å²) in [4.78, 5) is 42.8. The van der Waals surface area contributed by atoms with Gasteiger partial charge in [-0.15, -0.1) is 0 Å². The lowest BCUT2D eigenvalue weighted by atomic mass is 10.2. The molecule has 0 amide bonds. The van der Waals surface area contributed by atoms with Crippen LogP contribution < -0.4 is 16.1 Å². The van der Waals surface area contributed by atoms with E-state index in [9.17, 15) is 14.4 Å². The predicted octanol–water partition coefficient (Wildman–Crippen LogP) is -2.00. The van der Waals surface area contributed by atoms with Crippen LogP contribution in [-0.2, 0) is 30.2 Å². The molecular formula is C16H24N5O4+. The van der Waals surface area contributed by atoms with Crippen molar-refractivity contribution in [1.29, 1.82) is 0 Å². The van der Waals surface area contributed by atoms with Gasteiger partial charge in [0.1, 0.15) is 19.6 Å². The van der Waals surface area contributed by atoms with E-state index < -0.39 is 17.3 Å². The maximum atomic E-state index is 12.7. The number of Topliss-reactive ketones (excluding diaryl/α,β-unsaturated/α-hetero) is 1. The van der Waals surface area contributed by atoms with Crippen LogP contribution >= 0.6 is 0 Å². The minimum absolute atomic E-state index is 0.0616. The van der Waals surface area contributed by atoms with Gasteiger partial charge in [0.15, 0.2) is 22.8 Å². The van der Waals surface area contributed by atoms with Crippen molar-refractivity contribution < 1.29 is 14.4 Å². The van der Waals surface area contributed by atoms with E-state index in [4.69, 9.17) is 4.74 Å². The first kappa shape index (κ1) is 17.6. The number of ether oxygens (including phenoxy) is 1. The number of fused-ring (bicyclic) bond motifs is 1. The molecule has 1 N–H and O–H groups in total. The molecule has 3 rings (SSSR count). The highest BCUT2D eigenvalue weighted by Crippen LogP contribution is 2.18. The van der Waals surface area contributed by atoms with Gasteiger partial charge in [-0.05, 0) is 13.8 Å². The molecular weight excluding hydrogens is 326 g/mol. The number of morpholine rings is 1. The summed E-state index contributed by atoms with van der Waals surface area (Å²) in [7, 11) is 3.03. The first-order valence-electron chi connectivity index (χ1n) is 8.41. The molecule has 0 saturated carbocycles. The number of hydrogen-bond acceptors (Lipinski definition) is 5. The van der Waals surface area contributed by atoms with Crippen molar-refractivity contribution in [2.45, 2.75) is 26.4 Å². The largest absolute Gasteiger partial charge is 0.370 e. The highest BCUT2D eigenvalue weighted by Gasteiger charge is 2.27. The van der Waals surface area contributed by atoms with Gasteiger partial charge in [0.2, 0.25) is 0 Å². The summed E-state index contributed by atoms with van der Waals surface area (Å²) in [6.07, 6.45) is 0. The van der Waals surface area contributed by atoms with E-state index >= 15 is 0 Å². The van der Waals surface area contributed by atoms with E-state index in [1.165, 1.54) is 23.4 Å². The number of quaternary nitrogens is 1. The third-order valence-corrected chi connectivity index (χ3v) is 4.95. The first-order chi connectivity index (χ1) is 11.8. The Morgan fingerprint density at radius 3 is 2.48 bits per heavy atom. The SMILES string of the molecule is CC(=O)[C@H](C)n1c(C[NH+]2CCOCC2)nc2c1c(=O)n(C)c(=O)n2C. The maximum Gasteiger partial charge on any atom is 0.332 e. The summed E-state index contributed by atoms with van der Waals surface area (Å²) in [5.41, 5.74) is -0.233. The molecule has 136 valence electrons. The molecule has 1 aliphatic rings. The van der Waals surface area contributed by atoms with Crippen LogP contribution in [0.5, 0.6) is 0 Å². The molecule has 25 heavy (non-hydrogen) atoms. The van der Waals surface area contributed by atoms with Crippen molar-refractivity contribution in [3.05, 3.63) is 26.7 Å². The van der Waals surface area contributed by atoms with Crippen molar-refractivity contribution in [3.63, 3.8) is 0 Å². The van der Waals surface area contributed by atoms with Crippen LogP contribution in [0.4, 0.5) is 0 Å². The fraction of sp³-hybridized carbons (Fsp3) is 0.625. The normalized spacial score (nSPS) is 17.1. The summed E-state index contributed by atoms with van der Waals surface area (Å²) >= 11 is 0. The molecule has 1 saturated heterocycles. The second-order valence-corrected chi connectivity index (χ2v) is 6.60. The number of carbonyl (C=O) groups excluding carboxylic acids is 1. The van der Waals surface area contributed by atoms with Gasteiger partial charge in [0.25, 0.3) is 5.56 Å². The first-order valence-corrected chi connectivity index (χ1v) is 8.41. The molecule has 0 radical (unpaired) electrons. The molecule has 0 aliphatic carbocycles. The second kappa shape index (κ2) is 6.57. The molecule has 1 fully saturated rings. The van der Waals surface area contributed by atoms with Crippen LogP contribution in [-0.4, -0.2) is 50.8 Å². The lowest BCUT2D eigenvalue weighted by Gasteiger charge is -2.24. The quantitative estimate of drug-likeness (QED) is 0.688. The number of aromatic nitrogens is 4. The molecule has 1 atom stereocenters. The van der Waals surface area contributed by atoms with E-state index in [0.29, 0.717) is 36.7 Å². The van der Waals surface area contributed by atoms with Crippen LogP contribution in [0.3, 0.4) is 0 Å². The molecule has 9 heteroatoms. The summed E-state index contributed by atoms with van der Waals surface area (Å²) in [5.74, 6) is 0.585. The monoisotopic (exact) mass is 350 g/mol. The van der Waals surface area contributed by atoms with E-state index in [2.05, 4.69) is 4.98 Å². The van der Waals surface area contributed by atoms with Gasteiger partial charge < -0.3 is 14.2 Å². The Morgan fingerprint density at radius 2 is 1.88 bits per heavy atom. The van der Waals surface area contributed by atoms with Gasteiger partial charge in [-0.25, -0.2) is 9.78 Å². The van der Waals surface area contributed by atoms with Gasteiger partial charge in [-0.1, -0.05) is 0 Å². The van der Waals surface area contributed by atoms with Crippen molar-refractivity contribution >= 4 is 16.9 Å². The topological polar surface area (TPSA) is 92.6 Å². The lowest BCUT2D eigenvalue weighted by Crippen LogP contribution is -3.12. The summed E-state index contributed by atoms with van der Waals surface area (Å²) in [6.45, 7) is 6.87. The molecule has 0 unspecified atom stereocenters. The molecule has 0 aromatic carbocycles. The molecule has 0 spiro atoms. The van der Waals surface area contributed by atoms with Crippen LogP contribution in [0.15, 0.2) is 9.59 Å². The predicted molar refractivity (Wildman–Crippen MR) is 90.8 cm³/mol. The van der Waals surface area contributed by atoms with Gasteiger partial charge in [0.05, 0.1) is 19.3 Å². The molecule has 9 nitrogen and oxygen atoms in total. The van der Waals surface area contributed by atoms with Crippen molar-refractivity contribution in [2.24, 2.45) is 14.1 Å². The zero-order valence-electron chi connectivity index (χ0n) is 15.0. The average Bonchev–Trinajstić information content (AvgIpc) is 2.97. The number of aryl methyl sites for hydroxylation is 1. The van der Waals surface area contributed by atoms with Crippen molar-refractivity contribution in [1.82, 2.24) is 18.7 Å². The van der Waals surface area contributed by atoms with Gasteiger partial charge in [-0.3, -0.25) is 18.7 Å². The second-order valence-electron chi connectivity index (χ2n) is 6.60. The fourth-order valence-electron chi connectivity index (χ4n) is 3.24. The summed E-state index contributed by atoms with van der Waals surface area (Å²) in [5, 5.41) is 0. The van der Waals surface area contributed by atoms with Crippen molar-refractivity contribution in [3.8, 4) is 0 Å². The average molecular weight is 350 g/mol. The van der Waals surface area contributed by atoms with E-state index in [-0.39, 0.29) is 5.78 Å². The Balaban J connectivity index is 2.24. The van der Waals surface area contributed by atoms with Crippen LogP contribution in [0, 0.1) is 0 Å². The van der Waals surface area contributed by atoms with E-state index in [0.717, 1.165) is 17.7 Å². The molecule has 0 bridgehead atoms. The molecule has 1 aliphatic heterocycles. The number of carbonyl (C=O) groups is 1. The minimum Gasteiger partial charge on any atom is -0.370 e. The zero-order chi connectivity index (χ0) is 18.3. The maximum absolute atomic E-state index is 12.7. The Labute approximate surface area is 144 Å². The van der Waals surface area contributed by atoms with Gasteiger partial charge in [0, 0.05) is 14.1 Å². The highest BCUT2D eigenvalue weighted by atomic mass is 16.5. The Bertz CT molecular complexity index is 933. The Hall–Kier alpha value is -2.26. The third-order valence-electron chi connectivity index (χ3n) is 4.95. The lowest BCUT2D eigenvalue weighted by molar-refractivity contribution is -0.922. The van der Waals surface area contributed by atoms with Crippen LogP contribution in [0.25, 0.3) is 11.2 Å². The van der Waals surface area contributed by atoms with E-state index in [1.807, 2.05) is 0 Å². The smallest absolute Gasteiger partial charge is 0.332 e. The fourth-order valence-corrected chi connectivity index (χ4v) is 3.24. The van der Waals surface area contributed by atoms with Gasteiger partial charge in [-0.2, -0.15) is 0 Å². The number of hydrogen-bond donors (Lipinski definition) is 1. The molecule has 2 aromatic heterocycles. The summed E-state index contributed by atoms with van der Waals surface area (Å²) < 4.78 is 9.49. The molecule has 3 heterocycles. The highest BCUT2D eigenvalue weighted by molar-refractivity contribution is 5.82. The van der Waals surface area contributed by atoms with Crippen LogP contribution in [0.2, 0.25) is 0 Å². The standard InChI is InChI=1S/C16H23N5O4/c1-10(11(2)22)21-12(9-20-5-7-25-8-6-20)17-14-13(21)15(23)19(4)16(24)18(14)3/h10H,5-9H2,1-4H3/p+1/t10-/m0/s1. The minimum atomic E-state index is -0.523. The Morgan fingerprint density at radius 1 is 1.24 bits per heavy atom. The number of imidazole rings is 1. The van der Waals surface area contributed by atoms with Gasteiger partial charge >= 0.3 is 5.69 Å². The number of ketones is 1. The summed E-state index contributed by atoms with van der Waals surface area (Å²) in [6, 6.07) is -0.523.